The summed E-state index contributed by atoms with van der Waals surface area (Å²) in [5.74, 6) is 1.95. The zero-order valence-electron chi connectivity index (χ0n) is 15.6. The molecule has 0 aliphatic heterocycles. The second kappa shape index (κ2) is 9.07. The molecule has 0 unspecified atom stereocenters. The fraction of sp³-hybridized carbons (Fsp3) is 0.650. The molecule has 1 saturated carbocycles. The first-order chi connectivity index (χ1) is 11.5. The Bertz CT molecular complexity index is 524. The summed E-state index contributed by atoms with van der Waals surface area (Å²) < 4.78 is 5.81. The maximum Gasteiger partial charge on any atom is 0.236 e. The molecule has 0 N–H and O–H groups in total. The number of hydrogen-bond acceptors (Lipinski definition) is 3. The highest BCUT2D eigenvalue weighted by molar-refractivity contribution is 5.78. The highest BCUT2D eigenvalue weighted by Gasteiger charge is 2.25. The summed E-state index contributed by atoms with van der Waals surface area (Å²) in [7, 11) is 3.94. The van der Waals surface area contributed by atoms with Crippen LogP contribution < -0.4 is 4.74 Å². The summed E-state index contributed by atoms with van der Waals surface area (Å²) >= 11 is 0. The van der Waals surface area contributed by atoms with Crippen molar-refractivity contribution in [1.29, 1.82) is 0 Å². The minimum atomic E-state index is 0.216. The van der Waals surface area contributed by atoms with E-state index in [1.807, 2.05) is 55.1 Å². The van der Waals surface area contributed by atoms with Gasteiger partial charge in [0.05, 0.1) is 6.54 Å². The Labute approximate surface area is 146 Å². The van der Waals surface area contributed by atoms with Gasteiger partial charge in [-0.15, -0.1) is 0 Å². The molecule has 0 bridgehead atoms. The monoisotopic (exact) mass is 332 g/mol. The minimum Gasteiger partial charge on any atom is -0.492 e. The molecule has 0 heterocycles. The SMILES string of the molecule is Cc1ccccc1OCCN(C)CC(=O)N(C)C1CCC(C)CC1. The summed E-state index contributed by atoms with van der Waals surface area (Å²) in [5, 5.41) is 0. The van der Waals surface area contributed by atoms with Gasteiger partial charge in [0, 0.05) is 19.6 Å². The molecule has 134 valence electrons. The van der Waals surface area contributed by atoms with Gasteiger partial charge in [0.2, 0.25) is 5.91 Å². The molecule has 0 atom stereocenters. The lowest BCUT2D eigenvalue weighted by Gasteiger charge is -2.34. The number of likely N-dealkylation sites (N-methyl/N-ethyl adjacent to an activating group) is 2. The first-order valence-corrected chi connectivity index (χ1v) is 9.10. The zero-order chi connectivity index (χ0) is 17.5. The molecular weight excluding hydrogens is 300 g/mol. The van der Waals surface area contributed by atoms with Crippen molar-refractivity contribution in [3.63, 3.8) is 0 Å². The predicted molar refractivity (Wildman–Crippen MR) is 98.4 cm³/mol. The topological polar surface area (TPSA) is 32.8 Å². The molecule has 1 aromatic carbocycles. The van der Waals surface area contributed by atoms with Crippen molar-refractivity contribution in [1.82, 2.24) is 9.80 Å². The van der Waals surface area contributed by atoms with E-state index < -0.39 is 0 Å². The van der Waals surface area contributed by atoms with E-state index in [9.17, 15) is 4.79 Å². The van der Waals surface area contributed by atoms with Crippen LogP contribution in [0.2, 0.25) is 0 Å². The first-order valence-electron chi connectivity index (χ1n) is 9.10. The van der Waals surface area contributed by atoms with Crippen molar-refractivity contribution in [2.45, 2.75) is 45.6 Å². The van der Waals surface area contributed by atoms with E-state index in [-0.39, 0.29) is 5.91 Å². The molecule has 1 aliphatic carbocycles. The van der Waals surface area contributed by atoms with Crippen molar-refractivity contribution in [3.8, 4) is 5.75 Å². The number of amides is 1. The van der Waals surface area contributed by atoms with E-state index >= 15 is 0 Å². The Balaban J connectivity index is 1.70. The number of rotatable bonds is 7. The second-order valence-corrected chi connectivity index (χ2v) is 7.27. The van der Waals surface area contributed by atoms with Gasteiger partial charge in [-0.25, -0.2) is 0 Å². The number of ether oxygens (including phenoxy) is 1. The standard InChI is InChI=1S/C20H32N2O2/c1-16-9-11-18(12-10-16)22(4)20(23)15-21(3)13-14-24-19-8-6-5-7-17(19)2/h5-8,16,18H,9-15H2,1-4H3. The van der Waals surface area contributed by atoms with Crippen LogP contribution in [0.5, 0.6) is 5.75 Å². The smallest absolute Gasteiger partial charge is 0.236 e. The fourth-order valence-corrected chi connectivity index (χ4v) is 3.28. The van der Waals surface area contributed by atoms with Gasteiger partial charge < -0.3 is 9.64 Å². The highest BCUT2D eigenvalue weighted by Crippen LogP contribution is 2.26. The summed E-state index contributed by atoms with van der Waals surface area (Å²) in [4.78, 5) is 16.5. The van der Waals surface area contributed by atoms with E-state index in [4.69, 9.17) is 4.74 Å². The van der Waals surface area contributed by atoms with Crippen molar-refractivity contribution >= 4 is 5.91 Å². The zero-order valence-corrected chi connectivity index (χ0v) is 15.6. The quantitative estimate of drug-likeness (QED) is 0.768. The van der Waals surface area contributed by atoms with Crippen molar-refractivity contribution in [3.05, 3.63) is 29.8 Å². The minimum absolute atomic E-state index is 0.216. The average Bonchev–Trinajstić information content (AvgIpc) is 2.56. The Morgan fingerprint density at radius 1 is 1.17 bits per heavy atom. The molecule has 4 heteroatoms. The van der Waals surface area contributed by atoms with E-state index in [0.717, 1.165) is 36.6 Å². The Hall–Kier alpha value is -1.55. The summed E-state index contributed by atoms with van der Waals surface area (Å²) in [6, 6.07) is 8.44. The lowest BCUT2D eigenvalue weighted by molar-refractivity contribution is -0.133. The third kappa shape index (κ3) is 5.52. The van der Waals surface area contributed by atoms with Gasteiger partial charge in [-0.1, -0.05) is 25.1 Å². The fourth-order valence-electron chi connectivity index (χ4n) is 3.28. The Kier molecular flexibility index (Phi) is 7.10. The van der Waals surface area contributed by atoms with Gasteiger partial charge in [0.1, 0.15) is 12.4 Å². The van der Waals surface area contributed by atoms with Crippen LogP contribution in [-0.4, -0.2) is 55.5 Å². The van der Waals surface area contributed by atoms with E-state index in [1.165, 1.54) is 12.8 Å². The molecule has 2 rings (SSSR count). The van der Waals surface area contributed by atoms with Gasteiger partial charge in [-0.2, -0.15) is 0 Å². The molecule has 0 saturated heterocycles. The van der Waals surface area contributed by atoms with Crippen LogP contribution in [0.4, 0.5) is 0 Å². The first kappa shape index (κ1) is 18.8. The lowest BCUT2D eigenvalue weighted by atomic mass is 9.87. The van der Waals surface area contributed by atoms with Gasteiger partial charge in [0.15, 0.2) is 0 Å². The summed E-state index contributed by atoms with van der Waals surface area (Å²) in [5.41, 5.74) is 1.14. The van der Waals surface area contributed by atoms with Crippen LogP contribution in [0.25, 0.3) is 0 Å². The average molecular weight is 332 g/mol. The van der Waals surface area contributed by atoms with Gasteiger partial charge in [-0.05, 0) is 57.2 Å². The van der Waals surface area contributed by atoms with Crippen LogP contribution in [0.3, 0.4) is 0 Å². The molecule has 1 aliphatic rings. The lowest BCUT2D eigenvalue weighted by Crippen LogP contribution is -2.44. The molecular formula is C20H32N2O2. The van der Waals surface area contributed by atoms with Crippen LogP contribution in [0, 0.1) is 12.8 Å². The molecule has 4 nitrogen and oxygen atoms in total. The third-order valence-corrected chi connectivity index (χ3v) is 5.16. The maximum absolute atomic E-state index is 12.5. The van der Waals surface area contributed by atoms with Gasteiger partial charge in [0.25, 0.3) is 0 Å². The molecule has 0 aromatic heterocycles. The van der Waals surface area contributed by atoms with Gasteiger partial charge >= 0.3 is 0 Å². The number of benzene rings is 1. The van der Waals surface area contributed by atoms with E-state index in [0.29, 0.717) is 19.2 Å². The molecule has 24 heavy (non-hydrogen) atoms. The largest absolute Gasteiger partial charge is 0.492 e. The van der Waals surface area contributed by atoms with E-state index in [2.05, 4.69) is 6.92 Å². The Morgan fingerprint density at radius 3 is 2.50 bits per heavy atom. The molecule has 0 radical (unpaired) electrons. The van der Waals surface area contributed by atoms with Crippen LogP contribution in [0.15, 0.2) is 24.3 Å². The van der Waals surface area contributed by atoms with Crippen LogP contribution >= 0.6 is 0 Å². The number of carbonyl (C=O) groups excluding carboxylic acids is 1. The second-order valence-electron chi connectivity index (χ2n) is 7.27. The number of para-hydroxylation sites is 1. The van der Waals surface area contributed by atoms with Gasteiger partial charge in [-0.3, -0.25) is 9.69 Å². The number of hydrogen-bond donors (Lipinski definition) is 0. The maximum atomic E-state index is 12.5. The van der Waals surface area contributed by atoms with Crippen LogP contribution in [0.1, 0.15) is 38.2 Å². The van der Waals surface area contributed by atoms with Crippen molar-refractivity contribution < 1.29 is 9.53 Å². The van der Waals surface area contributed by atoms with Crippen molar-refractivity contribution in [2.75, 3.05) is 33.8 Å². The normalized spacial score (nSPS) is 20.9. The number of aryl methyl sites for hydroxylation is 1. The summed E-state index contributed by atoms with van der Waals surface area (Å²) in [6.45, 7) is 6.15. The molecule has 0 spiro atoms. The third-order valence-electron chi connectivity index (χ3n) is 5.16. The summed E-state index contributed by atoms with van der Waals surface area (Å²) in [6.07, 6.45) is 4.76. The van der Waals surface area contributed by atoms with Crippen molar-refractivity contribution in [2.24, 2.45) is 5.92 Å². The van der Waals surface area contributed by atoms with E-state index in [1.54, 1.807) is 0 Å². The number of nitrogens with zero attached hydrogens (tertiary/aromatic N) is 2. The molecule has 1 aromatic rings. The molecule has 1 fully saturated rings. The Morgan fingerprint density at radius 2 is 1.83 bits per heavy atom. The van der Waals surface area contributed by atoms with Crippen LogP contribution in [-0.2, 0) is 4.79 Å². The molecule has 1 amide bonds. The predicted octanol–water partition coefficient (Wildman–Crippen LogP) is 3.34. The highest BCUT2D eigenvalue weighted by atomic mass is 16.5. The number of carbonyl (C=O) groups is 1.